The molecule has 30 heavy (non-hydrogen) atoms. The quantitative estimate of drug-likeness (QED) is 0.586. The van der Waals surface area contributed by atoms with Gasteiger partial charge in [0.1, 0.15) is 11.5 Å². The lowest BCUT2D eigenvalue weighted by Crippen LogP contribution is -2.40. The van der Waals surface area contributed by atoms with Gasteiger partial charge >= 0.3 is 0 Å². The van der Waals surface area contributed by atoms with E-state index in [2.05, 4.69) is 10.1 Å². The molecule has 0 N–H and O–H groups in total. The molecule has 9 nitrogen and oxygen atoms in total. The summed E-state index contributed by atoms with van der Waals surface area (Å²) in [6.45, 7) is 1.50. The van der Waals surface area contributed by atoms with E-state index < -0.39 is 10.0 Å². The van der Waals surface area contributed by atoms with Gasteiger partial charge in [-0.2, -0.15) is 9.29 Å². The highest BCUT2D eigenvalue weighted by molar-refractivity contribution is 7.89. The summed E-state index contributed by atoms with van der Waals surface area (Å²) >= 11 is 0. The number of rotatable bonds is 6. The van der Waals surface area contributed by atoms with Gasteiger partial charge in [-0.15, -0.1) is 0 Å². The lowest BCUT2D eigenvalue weighted by atomic mass is 10.2. The molecule has 0 amide bonds. The highest BCUT2D eigenvalue weighted by Crippen LogP contribution is 2.30. The molecule has 10 heteroatoms. The first-order valence-corrected chi connectivity index (χ1v) is 10.7. The maximum absolute atomic E-state index is 12.7. The molecule has 0 spiro atoms. The van der Waals surface area contributed by atoms with Gasteiger partial charge in [0.2, 0.25) is 15.8 Å². The van der Waals surface area contributed by atoms with E-state index in [0.29, 0.717) is 60.6 Å². The van der Waals surface area contributed by atoms with Crippen molar-refractivity contribution in [2.24, 2.45) is 0 Å². The van der Waals surface area contributed by atoms with Gasteiger partial charge in [0.05, 0.1) is 32.3 Å². The Morgan fingerprint density at radius 2 is 1.57 bits per heavy atom. The largest absolute Gasteiger partial charge is 0.497 e. The third-order valence-corrected chi connectivity index (χ3v) is 6.66. The molecule has 1 aliphatic rings. The van der Waals surface area contributed by atoms with Crippen molar-refractivity contribution < 1.29 is 27.2 Å². The number of methoxy groups -OCH3 is 2. The molecule has 158 valence electrons. The second kappa shape index (κ2) is 8.42. The molecule has 1 saturated heterocycles. The topological polar surface area (TPSA) is 104 Å². The van der Waals surface area contributed by atoms with Crippen LogP contribution in [0.4, 0.5) is 0 Å². The van der Waals surface area contributed by atoms with E-state index in [1.165, 1.54) is 4.31 Å². The zero-order valence-corrected chi connectivity index (χ0v) is 17.4. The Morgan fingerprint density at radius 1 is 0.933 bits per heavy atom. The minimum Gasteiger partial charge on any atom is -0.497 e. The summed E-state index contributed by atoms with van der Waals surface area (Å²) in [4.78, 5) is 4.64. The van der Waals surface area contributed by atoms with Crippen LogP contribution >= 0.6 is 0 Å². The van der Waals surface area contributed by atoms with Crippen LogP contribution in [0.5, 0.6) is 11.5 Å². The van der Waals surface area contributed by atoms with Crippen LogP contribution in [0.25, 0.3) is 22.8 Å². The molecular weight excluding hydrogens is 410 g/mol. The number of sulfonamides is 1. The lowest BCUT2D eigenvalue weighted by molar-refractivity contribution is 0.0730. The summed E-state index contributed by atoms with van der Waals surface area (Å²) in [5, 5.41) is 4.01. The van der Waals surface area contributed by atoms with Crippen molar-refractivity contribution in [3.63, 3.8) is 0 Å². The Balaban J connectivity index is 1.58. The fourth-order valence-corrected chi connectivity index (χ4v) is 4.51. The van der Waals surface area contributed by atoms with E-state index in [-0.39, 0.29) is 4.90 Å². The average molecular weight is 431 g/mol. The standard InChI is InChI=1S/C20H21N3O6S/c1-26-16-11-15(12-17(13-16)27-2)20-21-19(22-29-20)14-3-5-18(6-4-14)30(24,25)23-7-9-28-10-8-23/h3-6,11-13H,7-10H2,1-2H3. The molecule has 1 aliphatic heterocycles. The van der Waals surface area contributed by atoms with Crippen LogP contribution in [-0.2, 0) is 14.8 Å². The van der Waals surface area contributed by atoms with Crippen LogP contribution in [0.2, 0.25) is 0 Å². The molecule has 2 heterocycles. The molecule has 0 unspecified atom stereocenters. The minimum absolute atomic E-state index is 0.217. The van der Waals surface area contributed by atoms with E-state index in [1.807, 2.05) is 0 Å². The van der Waals surface area contributed by atoms with E-state index in [4.69, 9.17) is 18.7 Å². The van der Waals surface area contributed by atoms with Gasteiger partial charge < -0.3 is 18.7 Å². The summed E-state index contributed by atoms with van der Waals surface area (Å²) < 4.78 is 48.1. The smallest absolute Gasteiger partial charge is 0.258 e. The van der Waals surface area contributed by atoms with Crippen LogP contribution < -0.4 is 9.47 Å². The van der Waals surface area contributed by atoms with Crippen LogP contribution in [0, 0.1) is 0 Å². The fourth-order valence-electron chi connectivity index (χ4n) is 3.10. The van der Waals surface area contributed by atoms with Gasteiger partial charge in [0, 0.05) is 30.3 Å². The number of hydrogen-bond acceptors (Lipinski definition) is 8. The summed E-state index contributed by atoms with van der Waals surface area (Å²) in [5.74, 6) is 1.85. The SMILES string of the molecule is COc1cc(OC)cc(-c2nc(-c3ccc(S(=O)(=O)N4CCOCC4)cc3)no2)c1. The normalized spacial score (nSPS) is 15.1. The van der Waals surface area contributed by atoms with Crippen LogP contribution in [0.15, 0.2) is 51.9 Å². The number of ether oxygens (including phenoxy) is 3. The van der Waals surface area contributed by atoms with Crippen molar-refractivity contribution in [3.05, 3.63) is 42.5 Å². The van der Waals surface area contributed by atoms with Crippen molar-refractivity contribution in [2.75, 3.05) is 40.5 Å². The molecule has 3 aromatic rings. The Bertz CT molecular complexity index is 1100. The van der Waals surface area contributed by atoms with Gasteiger partial charge in [-0.3, -0.25) is 0 Å². The van der Waals surface area contributed by atoms with E-state index in [9.17, 15) is 8.42 Å². The monoisotopic (exact) mass is 431 g/mol. The summed E-state index contributed by atoms with van der Waals surface area (Å²) in [6.07, 6.45) is 0. The first-order chi connectivity index (χ1) is 14.5. The molecule has 0 atom stereocenters. The number of hydrogen-bond donors (Lipinski definition) is 0. The Kier molecular flexibility index (Phi) is 5.71. The first kappa shape index (κ1) is 20.3. The molecule has 1 aromatic heterocycles. The summed E-state index contributed by atoms with van der Waals surface area (Å²) in [7, 11) is -0.433. The minimum atomic E-state index is -3.55. The highest BCUT2D eigenvalue weighted by Gasteiger charge is 2.26. The van der Waals surface area contributed by atoms with Gasteiger partial charge in [-0.1, -0.05) is 5.16 Å². The van der Waals surface area contributed by atoms with Crippen molar-refractivity contribution in [2.45, 2.75) is 4.90 Å². The Labute approximate surface area is 174 Å². The molecule has 2 aromatic carbocycles. The molecule has 0 bridgehead atoms. The summed E-state index contributed by atoms with van der Waals surface area (Å²) in [5.41, 5.74) is 1.29. The zero-order valence-electron chi connectivity index (χ0n) is 16.6. The number of morpholine rings is 1. The Hall–Kier alpha value is -2.95. The van der Waals surface area contributed by atoms with Gasteiger partial charge in [0.25, 0.3) is 5.89 Å². The van der Waals surface area contributed by atoms with Gasteiger partial charge in [0.15, 0.2) is 0 Å². The molecule has 0 aliphatic carbocycles. The number of aromatic nitrogens is 2. The third kappa shape index (κ3) is 4.02. The second-order valence-corrected chi connectivity index (χ2v) is 8.50. The van der Waals surface area contributed by atoms with Crippen molar-refractivity contribution in [1.82, 2.24) is 14.4 Å². The average Bonchev–Trinajstić information content (AvgIpc) is 3.30. The molecule has 4 rings (SSSR count). The predicted molar refractivity (Wildman–Crippen MR) is 108 cm³/mol. The molecular formula is C20H21N3O6S. The number of benzene rings is 2. The first-order valence-electron chi connectivity index (χ1n) is 9.27. The maximum Gasteiger partial charge on any atom is 0.258 e. The maximum atomic E-state index is 12.7. The fraction of sp³-hybridized carbons (Fsp3) is 0.300. The van der Waals surface area contributed by atoms with Crippen LogP contribution in [-0.4, -0.2) is 63.4 Å². The number of nitrogens with zero attached hydrogens (tertiary/aromatic N) is 3. The molecule has 1 fully saturated rings. The van der Waals surface area contributed by atoms with E-state index in [0.717, 1.165) is 0 Å². The molecule has 0 radical (unpaired) electrons. The van der Waals surface area contributed by atoms with Crippen molar-refractivity contribution in [1.29, 1.82) is 0 Å². The van der Waals surface area contributed by atoms with E-state index >= 15 is 0 Å². The highest BCUT2D eigenvalue weighted by atomic mass is 32.2. The van der Waals surface area contributed by atoms with Crippen molar-refractivity contribution >= 4 is 10.0 Å². The third-order valence-electron chi connectivity index (χ3n) is 4.74. The molecule has 0 saturated carbocycles. The Morgan fingerprint density at radius 3 is 2.17 bits per heavy atom. The van der Waals surface area contributed by atoms with Crippen molar-refractivity contribution in [3.8, 4) is 34.3 Å². The van der Waals surface area contributed by atoms with E-state index in [1.54, 1.807) is 56.7 Å². The van der Waals surface area contributed by atoms with Gasteiger partial charge in [-0.05, 0) is 36.4 Å². The second-order valence-electron chi connectivity index (χ2n) is 6.57. The van der Waals surface area contributed by atoms with Gasteiger partial charge in [-0.25, -0.2) is 8.42 Å². The lowest BCUT2D eigenvalue weighted by Gasteiger charge is -2.26. The predicted octanol–water partition coefficient (Wildman–Crippen LogP) is 2.44. The van der Waals surface area contributed by atoms with Crippen LogP contribution in [0.1, 0.15) is 0 Å². The van der Waals surface area contributed by atoms with Crippen LogP contribution in [0.3, 0.4) is 0 Å². The zero-order chi connectivity index (χ0) is 21.1. The summed E-state index contributed by atoms with van der Waals surface area (Å²) in [6, 6.07) is 11.7.